The van der Waals surface area contributed by atoms with E-state index in [1.165, 1.54) is 17.7 Å². The van der Waals surface area contributed by atoms with Gasteiger partial charge in [0.2, 0.25) is 0 Å². The Hall–Kier alpha value is -2.58. The van der Waals surface area contributed by atoms with Crippen molar-refractivity contribution >= 4 is 5.91 Å². The number of benzene rings is 2. The molecule has 0 aliphatic carbocycles. The van der Waals surface area contributed by atoms with Gasteiger partial charge < -0.3 is 10.1 Å². The van der Waals surface area contributed by atoms with Crippen LogP contribution in [0.3, 0.4) is 0 Å². The van der Waals surface area contributed by atoms with Crippen molar-refractivity contribution in [2.75, 3.05) is 39.3 Å². The molecule has 3 rings (SSSR count). The number of halogens is 3. The summed E-state index contributed by atoms with van der Waals surface area (Å²) in [6, 6.07) is 15.3. The molecule has 2 aromatic rings. The first-order valence-electron chi connectivity index (χ1n) is 9.52. The molecule has 8 heteroatoms. The van der Waals surface area contributed by atoms with Gasteiger partial charge in [0.15, 0.2) is 0 Å². The third-order valence-corrected chi connectivity index (χ3v) is 4.78. The standard InChI is InChI=1S/C21H24F3N3O2/c22-21(23,24)29-19-8-6-18(7-9-19)20(28)25-10-11-26-12-14-27(15-13-26)16-17-4-2-1-3-5-17/h1-9H,10-16H2,(H,25,28). The Morgan fingerprint density at radius 2 is 1.55 bits per heavy atom. The topological polar surface area (TPSA) is 44.8 Å². The lowest BCUT2D eigenvalue weighted by Gasteiger charge is -2.34. The van der Waals surface area contributed by atoms with Gasteiger partial charge in [0, 0.05) is 51.4 Å². The molecule has 0 radical (unpaired) electrons. The number of carbonyl (C=O) groups excluding carboxylic acids is 1. The fraction of sp³-hybridized carbons (Fsp3) is 0.381. The highest BCUT2D eigenvalue weighted by Gasteiger charge is 2.31. The van der Waals surface area contributed by atoms with Crippen LogP contribution in [-0.4, -0.2) is 61.3 Å². The van der Waals surface area contributed by atoms with Crippen LogP contribution >= 0.6 is 0 Å². The van der Waals surface area contributed by atoms with E-state index in [0.717, 1.165) is 51.4 Å². The third-order valence-electron chi connectivity index (χ3n) is 4.78. The molecular weight excluding hydrogens is 383 g/mol. The molecule has 2 aromatic carbocycles. The molecule has 1 N–H and O–H groups in total. The molecule has 29 heavy (non-hydrogen) atoms. The maximum atomic E-state index is 12.2. The van der Waals surface area contributed by atoms with E-state index in [1.807, 2.05) is 18.2 Å². The Balaban J connectivity index is 1.35. The second kappa shape index (κ2) is 9.76. The summed E-state index contributed by atoms with van der Waals surface area (Å²) < 4.78 is 40.3. The van der Waals surface area contributed by atoms with Gasteiger partial charge in [-0.1, -0.05) is 30.3 Å². The van der Waals surface area contributed by atoms with Crippen molar-refractivity contribution < 1.29 is 22.7 Å². The maximum Gasteiger partial charge on any atom is 0.573 e. The van der Waals surface area contributed by atoms with Crippen LogP contribution in [0.5, 0.6) is 5.75 Å². The fourth-order valence-electron chi connectivity index (χ4n) is 3.25. The van der Waals surface area contributed by atoms with E-state index in [-0.39, 0.29) is 11.7 Å². The Morgan fingerprint density at radius 1 is 0.931 bits per heavy atom. The zero-order valence-corrected chi connectivity index (χ0v) is 16.0. The zero-order chi connectivity index (χ0) is 20.7. The largest absolute Gasteiger partial charge is 0.573 e. The lowest BCUT2D eigenvalue weighted by Crippen LogP contribution is -2.48. The van der Waals surface area contributed by atoms with Crippen molar-refractivity contribution in [3.05, 3.63) is 65.7 Å². The van der Waals surface area contributed by atoms with Gasteiger partial charge >= 0.3 is 6.36 Å². The first-order chi connectivity index (χ1) is 13.9. The van der Waals surface area contributed by atoms with Crippen molar-refractivity contribution in [3.63, 3.8) is 0 Å². The highest BCUT2D eigenvalue weighted by molar-refractivity contribution is 5.94. The number of ether oxygens (including phenoxy) is 1. The molecule has 0 aromatic heterocycles. The molecule has 1 aliphatic rings. The predicted octanol–water partition coefficient (Wildman–Crippen LogP) is 3.13. The number of hydrogen-bond acceptors (Lipinski definition) is 4. The number of alkyl halides is 3. The second-order valence-electron chi connectivity index (χ2n) is 6.93. The molecule has 0 spiro atoms. The van der Waals surface area contributed by atoms with Crippen LogP contribution < -0.4 is 10.1 Å². The fourth-order valence-corrected chi connectivity index (χ4v) is 3.25. The molecule has 156 valence electrons. The van der Waals surface area contributed by atoms with Crippen molar-refractivity contribution in [2.45, 2.75) is 12.9 Å². The number of nitrogens with zero attached hydrogens (tertiary/aromatic N) is 2. The van der Waals surface area contributed by atoms with Gasteiger partial charge in [-0.3, -0.25) is 14.6 Å². The lowest BCUT2D eigenvalue weighted by molar-refractivity contribution is -0.274. The number of piperazine rings is 1. The van der Waals surface area contributed by atoms with Crippen LogP contribution in [0.2, 0.25) is 0 Å². The van der Waals surface area contributed by atoms with Crippen LogP contribution in [0, 0.1) is 0 Å². The Kier molecular flexibility index (Phi) is 7.11. The molecule has 1 aliphatic heterocycles. The van der Waals surface area contributed by atoms with Crippen LogP contribution in [0.15, 0.2) is 54.6 Å². The van der Waals surface area contributed by atoms with E-state index in [9.17, 15) is 18.0 Å². The van der Waals surface area contributed by atoms with E-state index >= 15 is 0 Å². The van der Waals surface area contributed by atoms with E-state index < -0.39 is 6.36 Å². The monoisotopic (exact) mass is 407 g/mol. The van der Waals surface area contributed by atoms with Gasteiger partial charge in [-0.15, -0.1) is 13.2 Å². The highest BCUT2D eigenvalue weighted by Crippen LogP contribution is 2.22. The summed E-state index contributed by atoms with van der Waals surface area (Å²) in [4.78, 5) is 16.8. The summed E-state index contributed by atoms with van der Waals surface area (Å²) in [5.74, 6) is -0.659. The molecular formula is C21H24F3N3O2. The zero-order valence-electron chi connectivity index (χ0n) is 16.0. The second-order valence-corrected chi connectivity index (χ2v) is 6.93. The molecule has 5 nitrogen and oxygen atoms in total. The number of rotatable bonds is 7. The minimum atomic E-state index is -4.74. The normalized spacial score (nSPS) is 15.8. The van der Waals surface area contributed by atoms with Crippen LogP contribution in [0.25, 0.3) is 0 Å². The molecule has 0 saturated carbocycles. The SMILES string of the molecule is O=C(NCCN1CCN(Cc2ccccc2)CC1)c1ccc(OC(F)(F)F)cc1. The number of nitrogens with one attached hydrogen (secondary N) is 1. The number of amides is 1. The van der Waals surface area contributed by atoms with Gasteiger partial charge in [-0.25, -0.2) is 0 Å². The summed E-state index contributed by atoms with van der Waals surface area (Å²) in [6.07, 6.45) is -4.74. The first-order valence-corrected chi connectivity index (χ1v) is 9.52. The van der Waals surface area contributed by atoms with Crippen molar-refractivity contribution in [2.24, 2.45) is 0 Å². The average Bonchev–Trinajstić information content (AvgIpc) is 2.69. The smallest absolute Gasteiger partial charge is 0.406 e. The van der Waals surface area contributed by atoms with Gasteiger partial charge in [-0.05, 0) is 29.8 Å². The molecule has 0 atom stereocenters. The van der Waals surface area contributed by atoms with E-state index in [0.29, 0.717) is 12.1 Å². The summed E-state index contributed by atoms with van der Waals surface area (Å²) in [5.41, 5.74) is 1.60. The summed E-state index contributed by atoms with van der Waals surface area (Å²) in [7, 11) is 0. The minimum Gasteiger partial charge on any atom is -0.406 e. The Bertz CT molecular complexity index is 774. The van der Waals surface area contributed by atoms with Gasteiger partial charge in [0.05, 0.1) is 0 Å². The predicted molar refractivity (Wildman–Crippen MR) is 104 cm³/mol. The molecule has 1 heterocycles. The van der Waals surface area contributed by atoms with E-state index in [2.05, 4.69) is 32.0 Å². The van der Waals surface area contributed by atoms with Crippen LogP contribution in [0.4, 0.5) is 13.2 Å². The number of hydrogen-bond donors (Lipinski definition) is 1. The summed E-state index contributed by atoms with van der Waals surface area (Å²) in [6.45, 7) is 5.99. The van der Waals surface area contributed by atoms with Gasteiger partial charge in [-0.2, -0.15) is 0 Å². The van der Waals surface area contributed by atoms with E-state index in [4.69, 9.17) is 0 Å². The highest BCUT2D eigenvalue weighted by atomic mass is 19.4. The first kappa shape index (κ1) is 21.1. The van der Waals surface area contributed by atoms with E-state index in [1.54, 1.807) is 0 Å². The number of carbonyl (C=O) groups is 1. The molecule has 1 amide bonds. The minimum absolute atomic E-state index is 0.298. The molecule has 0 bridgehead atoms. The molecule has 1 fully saturated rings. The van der Waals surface area contributed by atoms with Crippen molar-refractivity contribution in [1.29, 1.82) is 0 Å². The quantitative estimate of drug-likeness (QED) is 0.766. The summed E-state index contributed by atoms with van der Waals surface area (Å²) in [5, 5.41) is 2.81. The maximum absolute atomic E-state index is 12.2. The van der Waals surface area contributed by atoms with Crippen LogP contribution in [0.1, 0.15) is 15.9 Å². The van der Waals surface area contributed by atoms with Crippen molar-refractivity contribution in [1.82, 2.24) is 15.1 Å². The summed E-state index contributed by atoms with van der Waals surface area (Å²) >= 11 is 0. The molecule has 1 saturated heterocycles. The van der Waals surface area contributed by atoms with Gasteiger partial charge in [0.25, 0.3) is 5.91 Å². The van der Waals surface area contributed by atoms with Gasteiger partial charge in [0.1, 0.15) is 5.75 Å². The van der Waals surface area contributed by atoms with Crippen molar-refractivity contribution in [3.8, 4) is 5.75 Å². The third kappa shape index (κ3) is 7.07. The Labute approximate surface area is 168 Å². The molecule has 0 unspecified atom stereocenters. The lowest BCUT2D eigenvalue weighted by atomic mass is 10.2. The Morgan fingerprint density at radius 3 is 2.17 bits per heavy atom. The average molecular weight is 407 g/mol. The van der Waals surface area contributed by atoms with Crippen LogP contribution in [-0.2, 0) is 6.54 Å².